The second kappa shape index (κ2) is 3.17. The molecule has 2 aliphatic carbocycles. The van der Waals surface area contributed by atoms with Crippen molar-refractivity contribution in [1.82, 2.24) is 0 Å². The van der Waals surface area contributed by atoms with Crippen molar-refractivity contribution in [2.45, 2.75) is 32.3 Å². The summed E-state index contributed by atoms with van der Waals surface area (Å²) >= 11 is 0. The minimum atomic E-state index is -0.259. The predicted molar refractivity (Wildman–Crippen MR) is 50.1 cm³/mol. The zero-order chi connectivity index (χ0) is 9.42. The van der Waals surface area contributed by atoms with Gasteiger partial charge >= 0.3 is 5.97 Å². The van der Waals surface area contributed by atoms with Gasteiger partial charge in [-0.25, -0.2) is 4.79 Å². The number of hydrogen-bond donors (Lipinski definition) is 0. The van der Waals surface area contributed by atoms with Gasteiger partial charge in [-0.05, 0) is 37.0 Å². The largest absolute Gasteiger partial charge is 0.459 e. The van der Waals surface area contributed by atoms with Crippen molar-refractivity contribution in [2.24, 2.45) is 17.8 Å². The Balaban J connectivity index is 1.92. The van der Waals surface area contributed by atoms with E-state index in [0.717, 1.165) is 18.3 Å². The van der Waals surface area contributed by atoms with Crippen molar-refractivity contribution >= 4 is 5.97 Å². The molecule has 2 nitrogen and oxygen atoms in total. The molecule has 2 saturated carbocycles. The topological polar surface area (TPSA) is 26.3 Å². The molecule has 2 heteroatoms. The minimum Gasteiger partial charge on any atom is -0.459 e. The molecule has 0 N–H and O–H groups in total. The summed E-state index contributed by atoms with van der Waals surface area (Å²) in [5.74, 6) is 2.01. The average molecular weight is 180 g/mol. The molecular formula is C11H16O2. The number of fused-ring (bicyclic) bond motifs is 2. The summed E-state index contributed by atoms with van der Waals surface area (Å²) in [5.41, 5.74) is 0. The molecule has 0 aromatic carbocycles. The van der Waals surface area contributed by atoms with Gasteiger partial charge < -0.3 is 4.74 Å². The standard InChI is InChI=1S/C11H16O2/c1-3-11(12)13-10-6-8-5-9(10)4-7(8)2/h3,7-10H,1,4-6H2,2H3. The quantitative estimate of drug-likeness (QED) is 0.481. The molecular weight excluding hydrogens is 164 g/mol. The van der Waals surface area contributed by atoms with Crippen LogP contribution in [0.3, 0.4) is 0 Å². The van der Waals surface area contributed by atoms with Crippen molar-refractivity contribution < 1.29 is 9.53 Å². The third-order valence-corrected chi connectivity index (χ3v) is 3.58. The normalized spacial score (nSPS) is 41.9. The van der Waals surface area contributed by atoms with Crippen LogP contribution in [0.25, 0.3) is 0 Å². The number of hydrogen-bond acceptors (Lipinski definition) is 2. The Morgan fingerprint density at radius 2 is 2.15 bits per heavy atom. The summed E-state index contributed by atoms with van der Waals surface area (Å²) in [6, 6.07) is 0. The molecule has 0 aliphatic heterocycles. The molecule has 2 rings (SSSR count). The fraction of sp³-hybridized carbons (Fsp3) is 0.727. The van der Waals surface area contributed by atoms with E-state index in [0.29, 0.717) is 5.92 Å². The summed E-state index contributed by atoms with van der Waals surface area (Å²) in [6.07, 6.45) is 5.02. The van der Waals surface area contributed by atoms with Crippen LogP contribution in [0.2, 0.25) is 0 Å². The van der Waals surface area contributed by atoms with Crippen LogP contribution in [0.1, 0.15) is 26.2 Å². The van der Waals surface area contributed by atoms with E-state index in [2.05, 4.69) is 13.5 Å². The van der Waals surface area contributed by atoms with Crippen molar-refractivity contribution in [2.75, 3.05) is 0 Å². The van der Waals surface area contributed by atoms with E-state index in [9.17, 15) is 4.79 Å². The zero-order valence-corrected chi connectivity index (χ0v) is 8.03. The van der Waals surface area contributed by atoms with Gasteiger partial charge in [-0.15, -0.1) is 0 Å². The van der Waals surface area contributed by atoms with Crippen LogP contribution in [0, 0.1) is 17.8 Å². The van der Waals surface area contributed by atoms with Gasteiger partial charge in [0.25, 0.3) is 0 Å². The SMILES string of the molecule is C=CC(=O)OC1CC2CC1CC2C. The second-order valence-electron chi connectivity index (χ2n) is 4.38. The molecule has 13 heavy (non-hydrogen) atoms. The van der Waals surface area contributed by atoms with Crippen molar-refractivity contribution in [3.05, 3.63) is 12.7 Å². The maximum Gasteiger partial charge on any atom is 0.330 e. The molecule has 4 unspecified atom stereocenters. The summed E-state index contributed by atoms with van der Waals surface area (Å²) in [4.78, 5) is 11.0. The molecule has 0 aromatic heterocycles. The van der Waals surface area contributed by atoms with E-state index in [1.165, 1.54) is 18.9 Å². The highest BCUT2D eigenvalue weighted by Crippen LogP contribution is 2.49. The van der Waals surface area contributed by atoms with Gasteiger partial charge in [0.15, 0.2) is 0 Å². The fourth-order valence-corrected chi connectivity index (χ4v) is 2.85. The Kier molecular flexibility index (Phi) is 2.14. The molecule has 2 aliphatic rings. The van der Waals surface area contributed by atoms with E-state index >= 15 is 0 Å². The second-order valence-corrected chi connectivity index (χ2v) is 4.38. The van der Waals surface area contributed by atoms with Gasteiger partial charge in [-0.1, -0.05) is 13.5 Å². The highest BCUT2D eigenvalue weighted by molar-refractivity contribution is 5.81. The molecule has 0 spiro atoms. The number of esters is 1. The van der Waals surface area contributed by atoms with Gasteiger partial charge in [0.05, 0.1) is 0 Å². The van der Waals surface area contributed by atoms with Gasteiger partial charge in [-0.3, -0.25) is 0 Å². The first-order valence-electron chi connectivity index (χ1n) is 5.03. The van der Waals surface area contributed by atoms with Crippen molar-refractivity contribution in [3.8, 4) is 0 Å². The zero-order valence-electron chi connectivity index (χ0n) is 8.03. The maximum absolute atomic E-state index is 11.0. The summed E-state index contributed by atoms with van der Waals surface area (Å²) in [5, 5.41) is 0. The Morgan fingerprint density at radius 3 is 2.62 bits per heavy atom. The molecule has 0 radical (unpaired) electrons. The first kappa shape index (κ1) is 8.79. The number of rotatable bonds is 2. The predicted octanol–water partition coefficient (Wildman–Crippen LogP) is 2.15. The van der Waals surface area contributed by atoms with Gasteiger partial charge in [0.1, 0.15) is 6.10 Å². The monoisotopic (exact) mass is 180 g/mol. The highest BCUT2D eigenvalue weighted by atomic mass is 16.5. The molecule has 72 valence electrons. The summed E-state index contributed by atoms with van der Waals surface area (Å²) in [6.45, 7) is 5.71. The van der Waals surface area contributed by atoms with E-state index in [-0.39, 0.29) is 12.1 Å². The van der Waals surface area contributed by atoms with E-state index in [1.54, 1.807) is 0 Å². The Labute approximate surface area is 79.0 Å². The summed E-state index contributed by atoms with van der Waals surface area (Å²) in [7, 11) is 0. The minimum absolute atomic E-state index is 0.187. The van der Waals surface area contributed by atoms with Crippen LogP contribution < -0.4 is 0 Å². The van der Waals surface area contributed by atoms with Crippen molar-refractivity contribution in [1.29, 1.82) is 0 Å². The van der Waals surface area contributed by atoms with Gasteiger partial charge in [0.2, 0.25) is 0 Å². The molecule has 0 amide bonds. The summed E-state index contributed by atoms with van der Waals surface area (Å²) < 4.78 is 5.29. The molecule has 4 atom stereocenters. The lowest BCUT2D eigenvalue weighted by atomic mass is 9.89. The van der Waals surface area contributed by atoms with Crippen LogP contribution in [-0.4, -0.2) is 12.1 Å². The number of carbonyl (C=O) groups excluding carboxylic acids is 1. The Morgan fingerprint density at radius 1 is 1.38 bits per heavy atom. The maximum atomic E-state index is 11.0. The van der Waals surface area contributed by atoms with Gasteiger partial charge in [0, 0.05) is 6.08 Å². The van der Waals surface area contributed by atoms with Crippen molar-refractivity contribution in [3.63, 3.8) is 0 Å². The van der Waals surface area contributed by atoms with Crippen LogP contribution in [-0.2, 0) is 9.53 Å². The van der Waals surface area contributed by atoms with E-state index < -0.39 is 0 Å². The number of ether oxygens (including phenoxy) is 1. The van der Waals surface area contributed by atoms with Crippen LogP contribution in [0.15, 0.2) is 12.7 Å². The molecule has 2 fully saturated rings. The first-order chi connectivity index (χ1) is 6.20. The fourth-order valence-electron chi connectivity index (χ4n) is 2.85. The molecule has 2 bridgehead atoms. The number of carbonyl (C=O) groups is 1. The molecule has 0 heterocycles. The Bertz CT molecular complexity index is 232. The van der Waals surface area contributed by atoms with E-state index in [4.69, 9.17) is 4.74 Å². The van der Waals surface area contributed by atoms with Crippen LogP contribution in [0.5, 0.6) is 0 Å². The lowest BCUT2D eigenvalue weighted by molar-refractivity contribution is -0.145. The highest BCUT2D eigenvalue weighted by Gasteiger charge is 2.45. The Hall–Kier alpha value is -0.790. The smallest absolute Gasteiger partial charge is 0.330 e. The van der Waals surface area contributed by atoms with Crippen LogP contribution in [0.4, 0.5) is 0 Å². The van der Waals surface area contributed by atoms with E-state index in [1.807, 2.05) is 0 Å². The van der Waals surface area contributed by atoms with Gasteiger partial charge in [-0.2, -0.15) is 0 Å². The lowest BCUT2D eigenvalue weighted by Gasteiger charge is -2.24. The average Bonchev–Trinajstić information content (AvgIpc) is 2.63. The third kappa shape index (κ3) is 1.50. The van der Waals surface area contributed by atoms with Crippen LogP contribution >= 0.6 is 0 Å². The molecule has 0 saturated heterocycles. The lowest BCUT2D eigenvalue weighted by Crippen LogP contribution is -2.25. The molecule has 0 aromatic rings. The third-order valence-electron chi connectivity index (χ3n) is 3.58. The first-order valence-corrected chi connectivity index (χ1v) is 5.03.